The molecule has 0 amide bonds. The minimum Gasteiger partial charge on any atom is -0.464 e. The van der Waals surface area contributed by atoms with Gasteiger partial charge in [0.1, 0.15) is 5.54 Å². The molecule has 1 aromatic carbocycles. The molecule has 21 heavy (non-hydrogen) atoms. The van der Waals surface area contributed by atoms with E-state index in [1.54, 1.807) is 6.92 Å². The summed E-state index contributed by atoms with van der Waals surface area (Å²) in [6, 6.07) is 4.17. The number of benzene rings is 1. The van der Waals surface area contributed by atoms with Crippen molar-refractivity contribution in [2.45, 2.75) is 25.6 Å². The van der Waals surface area contributed by atoms with E-state index in [0.717, 1.165) is 0 Å². The van der Waals surface area contributed by atoms with Crippen molar-refractivity contribution in [3.63, 3.8) is 0 Å². The molecule has 1 N–H and O–H groups in total. The quantitative estimate of drug-likeness (QED) is 0.823. The fourth-order valence-corrected chi connectivity index (χ4v) is 1.95. The zero-order chi connectivity index (χ0) is 16.3. The average molecular weight is 344 g/mol. The molecule has 8 heteroatoms. The number of carbonyl (C=O) groups is 1. The number of hydrogen-bond donors (Lipinski definition) is 1. The van der Waals surface area contributed by atoms with Gasteiger partial charge in [-0.25, -0.2) is 4.79 Å². The third-order valence-electron chi connectivity index (χ3n) is 2.82. The lowest BCUT2D eigenvalue weighted by Gasteiger charge is -2.29. The van der Waals surface area contributed by atoms with E-state index in [1.807, 2.05) is 0 Å². The van der Waals surface area contributed by atoms with E-state index in [9.17, 15) is 18.0 Å². The van der Waals surface area contributed by atoms with Gasteiger partial charge < -0.3 is 4.74 Å². The molecule has 0 spiro atoms. The van der Waals surface area contributed by atoms with E-state index >= 15 is 0 Å². The second kappa shape index (κ2) is 6.85. The van der Waals surface area contributed by atoms with Gasteiger partial charge >= 0.3 is 12.1 Å². The van der Waals surface area contributed by atoms with Crippen LogP contribution in [0.1, 0.15) is 19.4 Å². The molecule has 3 nitrogen and oxygen atoms in total. The van der Waals surface area contributed by atoms with Crippen molar-refractivity contribution in [1.29, 1.82) is 0 Å². The number of alkyl halides is 3. The van der Waals surface area contributed by atoms with E-state index in [-0.39, 0.29) is 22.2 Å². The van der Waals surface area contributed by atoms with Crippen molar-refractivity contribution in [2.24, 2.45) is 0 Å². The minimum absolute atomic E-state index is 0.0451. The van der Waals surface area contributed by atoms with Crippen molar-refractivity contribution in [3.05, 3.63) is 33.8 Å². The molecular weight excluding hydrogens is 330 g/mol. The lowest BCUT2D eigenvalue weighted by molar-refractivity contribution is -0.155. The van der Waals surface area contributed by atoms with E-state index in [2.05, 4.69) is 5.32 Å². The Morgan fingerprint density at radius 1 is 1.29 bits per heavy atom. The van der Waals surface area contributed by atoms with Crippen LogP contribution in [0.2, 0.25) is 10.0 Å². The highest BCUT2D eigenvalue weighted by molar-refractivity contribution is 6.42. The minimum atomic E-state index is -4.47. The molecule has 1 atom stereocenters. The highest BCUT2D eigenvalue weighted by Gasteiger charge is 2.40. The monoisotopic (exact) mass is 343 g/mol. The van der Waals surface area contributed by atoms with Crippen molar-refractivity contribution in [2.75, 3.05) is 13.2 Å². The van der Waals surface area contributed by atoms with Gasteiger partial charge in [-0.1, -0.05) is 29.3 Å². The van der Waals surface area contributed by atoms with Crippen LogP contribution in [0.25, 0.3) is 0 Å². The van der Waals surface area contributed by atoms with Crippen LogP contribution in [0.3, 0.4) is 0 Å². The smallest absolute Gasteiger partial charge is 0.401 e. The number of rotatable bonds is 5. The van der Waals surface area contributed by atoms with Crippen LogP contribution < -0.4 is 5.32 Å². The largest absolute Gasteiger partial charge is 0.464 e. The lowest BCUT2D eigenvalue weighted by Crippen LogP contribution is -2.50. The zero-order valence-electron chi connectivity index (χ0n) is 11.4. The molecule has 0 fully saturated rings. The molecular formula is C13H14Cl2F3NO2. The van der Waals surface area contributed by atoms with Crippen LogP contribution in [-0.2, 0) is 15.1 Å². The lowest BCUT2D eigenvalue weighted by atomic mass is 9.92. The normalized spacial score (nSPS) is 14.6. The van der Waals surface area contributed by atoms with Gasteiger partial charge in [-0.2, -0.15) is 13.2 Å². The Kier molecular flexibility index (Phi) is 5.90. The van der Waals surface area contributed by atoms with E-state index in [4.69, 9.17) is 27.9 Å². The van der Waals surface area contributed by atoms with Gasteiger partial charge in [-0.05, 0) is 31.5 Å². The second-order valence-corrected chi connectivity index (χ2v) is 5.26. The van der Waals surface area contributed by atoms with Crippen LogP contribution in [0.4, 0.5) is 13.2 Å². The Labute approximate surface area is 130 Å². The van der Waals surface area contributed by atoms with Crippen LogP contribution in [0, 0.1) is 0 Å². The maximum atomic E-state index is 12.4. The van der Waals surface area contributed by atoms with Crippen molar-refractivity contribution >= 4 is 29.2 Å². The maximum Gasteiger partial charge on any atom is 0.401 e. The molecule has 0 bridgehead atoms. The zero-order valence-corrected chi connectivity index (χ0v) is 12.9. The third kappa shape index (κ3) is 4.76. The topological polar surface area (TPSA) is 38.3 Å². The van der Waals surface area contributed by atoms with E-state index in [1.165, 1.54) is 25.1 Å². The number of esters is 1. The Morgan fingerprint density at radius 3 is 2.38 bits per heavy atom. The molecule has 1 unspecified atom stereocenters. The van der Waals surface area contributed by atoms with Crippen molar-refractivity contribution in [1.82, 2.24) is 5.32 Å². The van der Waals surface area contributed by atoms with Gasteiger partial charge in [0.2, 0.25) is 0 Å². The predicted molar refractivity (Wildman–Crippen MR) is 74.5 cm³/mol. The highest BCUT2D eigenvalue weighted by atomic mass is 35.5. The van der Waals surface area contributed by atoms with Gasteiger partial charge in [0.15, 0.2) is 0 Å². The Morgan fingerprint density at radius 2 is 1.90 bits per heavy atom. The first-order valence-electron chi connectivity index (χ1n) is 6.04. The fraction of sp³-hybridized carbons (Fsp3) is 0.462. The summed E-state index contributed by atoms with van der Waals surface area (Å²) in [5, 5.41) is 2.56. The molecule has 0 saturated carbocycles. The molecule has 0 aliphatic rings. The number of halogens is 5. The molecule has 0 heterocycles. The van der Waals surface area contributed by atoms with E-state index < -0.39 is 24.2 Å². The number of nitrogens with one attached hydrogen (secondary N) is 1. The summed E-state index contributed by atoms with van der Waals surface area (Å²) in [5.74, 6) is -0.826. The van der Waals surface area contributed by atoms with Crippen LogP contribution >= 0.6 is 23.2 Å². The van der Waals surface area contributed by atoms with Gasteiger partial charge in [-0.3, -0.25) is 5.32 Å². The summed E-state index contributed by atoms with van der Waals surface area (Å²) in [4.78, 5) is 12.1. The summed E-state index contributed by atoms with van der Waals surface area (Å²) >= 11 is 11.6. The number of ether oxygens (including phenoxy) is 1. The fourth-order valence-electron chi connectivity index (χ4n) is 1.65. The molecule has 0 aliphatic carbocycles. The summed E-state index contributed by atoms with van der Waals surface area (Å²) in [7, 11) is 0. The molecule has 0 aromatic heterocycles. The van der Waals surface area contributed by atoms with Gasteiger partial charge in [0, 0.05) is 0 Å². The molecule has 0 radical (unpaired) electrons. The Bertz CT molecular complexity index is 523. The number of carbonyl (C=O) groups excluding carboxylic acids is 1. The van der Waals surface area contributed by atoms with Gasteiger partial charge in [0.25, 0.3) is 0 Å². The number of hydrogen-bond acceptors (Lipinski definition) is 3. The maximum absolute atomic E-state index is 12.4. The van der Waals surface area contributed by atoms with Crippen molar-refractivity contribution in [3.8, 4) is 0 Å². The summed E-state index contributed by atoms with van der Waals surface area (Å²) in [6.45, 7) is 1.57. The first-order valence-corrected chi connectivity index (χ1v) is 6.80. The molecule has 0 saturated heterocycles. The van der Waals surface area contributed by atoms with Crippen LogP contribution in [0.5, 0.6) is 0 Å². The SMILES string of the molecule is CCOC(=O)C(C)(NCC(F)(F)F)c1ccc(Cl)c(Cl)c1. The third-order valence-corrected chi connectivity index (χ3v) is 3.56. The first kappa shape index (κ1) is 18.1. The van der Waals surface area contributed by atoms with Crippen LogP contribution in [-0.4, -0.2) is 25.3 Å². The molecule has 1 rings (SSSR count). The van der Waals surface area contributed by atoms with Crippen LogP contribution in [0.15, 0.2) is 18.2 Å². The summed E-state index contributed by atoms with van der Waals surface area (Å²) in [5.41, 5.74) is -1.45. The summed E-state index contributed by atoms with van der Waals surface area (Å²) < 4.78 is 42.1. The Hall–Kier alpha value is -0.980. The molecule has 0 aliphatic heterocycles. The molecule has 1 aromatic rings. The highest BCUT2D eigenvalue weighted by Crippen LogP contribution is 2.30. The van der Waals surface area contributed by atoms with Gasteiger partial charge in [-0.15, -0.1) is 0 Å². The van der Waals surface area contributed by atoms with E-state index in [0.29, 0.717) is 0 Å². The van der Waals surface area contributed by atoms with Crippen molar-refractivity contribution < 1.29 is 22.7 Å². The standard InChI is InChI=1S/C13H14Cl2F3NO2/c1-3-21-11(20)12(2,19-7-13(16,17)18)8-4-5-9(14)10(15)6-8/h4-6,19H,3,7H2,1-2H3. The summed E-state index contributed by atoms with van der Waals surface area (Å²) in [6.07, 6.45) is -4.47. The average Bonchev–Trinajstić information content (AvgIpc) is 2.38. The Balaban J connectivity index is 3.16. The van der Waals surface area contributed by atoms with Gasteiger partial charge in [0.05, 0.1) is 23.2 Å². The first-order chi connectivity index (χ1) is 9.60. The predicted octanol–water partition coefficient (Wildman–Crippen LogP) is 3.92. The molecule has 118 valence electrons. The second-order valence-electron chi connectivity index (χ2n) is 4.44.